The van der Waals surface area contributed by atoms with Crippen molar-refractivity contribution >= 4 is 17.7 Å². The molecule has 3 rings (SSSR count). The molecule has 3 aromatic carbocycles. The summed E-state index contributed by atoms with van der Waals surface area (Å²) in [4.78, 5) is 26.1. The summed E-state index contributed by atoms with van der Waals surface area (Å²) in [5.41, 5.74) is 2.24. The molecule has 3 aromatic rings. The molecule has 1 atom stereocenters. The van der Waals surface area contributed by atoms with Crippen molar-refractivity contribution in [2.45, 2.75) is 32.5 Å². The van der Waals surface area contributed by atoms with Crippen LogP contribution in [0.2, 0.25) is 0 Å². The number of carboxylic acid groups (broad SMARTS) is 1. The van der Waals surface area contributed by atoms with Crippen molar-refractivity contribution in [2.24, 2.45) is 0 Å². The number of para-hydroxylation sites is 2. The molecule has 0 fully saturated rings. The van der Waals surface area contributed by atoms with Gasteiger partial charge in [-0.05, 0) is 60.9 Å². The van der Waals surface area contributed by atoms with Gasteiger partial charge in [0.15, 0.2) is 6.10 Å². The number of carbonyl (C=O) groups is 2. The summed E-state index contributed by atoms with van der Waals surface area (Å²) >= 11 is 0. The maximum Gasteiger partial charge on any atom is 0.333 e. The van der Waals surface area contributed by atoms with Crippen LogP contribution in [-0.4, -0.2) is 68.1 Å². The van der Waals surface area contributed by atoms with Gasteiger partial charge in [-0.25, -0.2) is 14.0 Å². The first-order valence-corrected chi connectivity index (χ1v) is 13.5. The third-order valence-corrected chi connectivity index (χ3v) is 6.15. The predicted octanol–water partition coefficient (Wildman–Crippen LogP) is 5.39. The van der Waals surface area contributed by atoms with E-state index in [1.54, 1.807) is 67.5 Å². The van der Waals surface area contributed by atoms with Crippen LogP contribution < -0.4 is 14.8 Å². The van der Waals surface area contributed by atoms with Crippen LogP contribution in [0.1, 0.15) is 24.5 Å². The van der Waals surface area contributed by atoms with Crippen molar-refractivity contribution < 1.29 is 38.0 Å². The average molecular weight is 569 g/mol. The molecule has 0 spiro atoms. The number of nitrogens with one attached hydrogen (secondary N) is 1. The van der Waals surface area contributed by atoms with Gasteiger partial charge in [-0.2, -0.15) is 0 Å². The van der Waals surface area contributed by atoms with Gasteiger partial charge < -0.3 is 34.3 Å². The second-order valence-corrected chi connectivity index (χ2v) is 9.13. The standard InChI is InChI=1S/C31H37FN2O7/c1-3-40-29(30(35)36)21-23-11-15-26(16-12-23)41-20-18-34(31(37)33-27-7-4-5-8-28(27)38-2)17-6-19-39-22-24-9-13-25(32)14-10-24/h4-5,7-16,29H,3,6,17-22H2,1-2H3,(H,33,37)(H,35,36). The summed E-state index contributed by atoms with van der Waals surface area (Å²) in [6, 6.07) is 20.1. The lowest BCUT2D eigenvalue weighted by molar-refractivity contribution is -0.149. The fourth-order valence-electron chi connectivity index (χ4n) is 4.01. The number of benzene rings is 3. The molecule has 0 saturated carbocycles. The van der Waals surface area contributed by atoms with Crippen LogP contribution in [0.25, 0.3) is 0 Å². The highest BCUT2D eigenvalue weighted by molar-refractivity contribution is 5.91. The summed E-state index contributed by atoms with van der Waals surface area (Å²) < 4.78 is 35.3. The van der Waals surface area contributed by atoms with Crippen molar-refractivity contribution in [1.82, 2.24) is 4.90 Å². The number of hydrogen-bond acceptors (Lipinski definition) is 6. The summed E-state index contributed by atoms with van der Waals surface area (Å²) in [7, 11) is 1.54. The molecular weight excluding hydrogens is 531 g/mol. The maximum absolute atomic E-state index is 13.2. The van der Waals surface area contributed by atoms with Gasteiger partial charge in [-0.1, -0.05) is 36.4 Å². The lowest BCUT2D eigenvalue weighted by atomic mass is 10.1. The Bertz CT molecular complexity index is 1220. The second-order valence-electron chi connectivity index (χ2n) is 9.13. The average Bonchev–Trinajstić information content (AvgIpc) is 2.97. The van der Waals surface area contributed by atoms with Crippen LogP contribution in [-0.2, 0) is 27.3 Å². The van der Waals surface area contributed by atoms with E-state index in [2.05, 4.69) is 5.32 Å². The number of carbonyl (C=O) groups excluding carboxylic acids is 1. The first-order chi connectivity index (χ1) is 19.9. The largest absolute Gasteiger partial charge is 0.495 e. The third-order valence-electron chi connectivity index (χ3n) is 6.15. The molecule has 0 aliphatic carbocycles. The molecule has 1 unspecified atom stereocenters. The fourth-order valence-corrected chi connectivity index (χ4v) is 4.01. The first-order valence-electron chi connectivity index (χ1n) is 13.5. The minimum atomic E-state index is -1.00. The number of amides is 2. The maximum atomic E-state index is 13.2. The topological polar surface area (TPSA) is 107 Å². The zero-order valence-corrected chi connectivity index (χ0v) is 23.4. The van der Waals surface area contributed by atoms with Gasteiger partial charge in [0.25, 0.3) is 0 Å². The van der Waals surface area contributed by atoms with E-state index in [4.69, 9.17) is 18.9 Å². The number of methoxy groups -OCH3 is 1. The van der Waals surface area contributed by atoms with Crippen LogP contribution >= 0.6 is 0 Å². The van der Waals surface area contributed by atoms with Crippen molar-refractivity contribution in [2.75, 3.05) is 45.3 Å². The summed E-state index contributed by atoms with van der Waals surface area (Å²) in [6.07, 6.45) is -0.0645. The number of halogens is 1. The zero-order chi connectivity index (χ0) is 29.5. The van der Waals surface area contributed by atoms with Crippen LogP contribution in [0, 0.1) is 5.82 Å². The second kappa shape index (κ2) is 16.8. The number of anilines is 1. The van der Waals surface area contributed by atoms with Crippen LogP contribution in [0.3, 0.4) is 0 Å². The van der Waals surface area contributed by atoms with Gasteiger partial charge in [0.05, 0.1) is 25.9 Å². The molecule has 0 heterocycles. The third kappa shape index (κ3) is 10.7. The lowest BCUT2D eigenvalue weighted by Crippen LogP contribution is -2.39. The molecule has 0 aliphatic heterocycles. The Balaban J connectivity index is 1.54. The molecule has 2 N–H and O–H groups in total. The quantitative estimate of drug-likeness (QED) is 0.211. The molecule has 2 amide bonds. The fraction of sp³-hybridized carbons (Fsp3) is 0.355. The summed E-state index contributed by atoms with van der Waals surface area (Å²) in [5, 5.41) is 12.2. The van der Waals surface area contributed by atoms with E-state index in [0.717, 1.165) is 11.1 Å². The van der Waals surface area contributed by atoms with E-state index in [0.29, 0.717) is 56.5 Å². The van der Waals surface area contributed by atoms with E-state index in [1.165, 1.54) is 12.1 Å². The van der Waals surface area contributed by atoms with Gasteiger partial charge in [-0.15, -0.1) is 0 Å². The number of rotatable bonds is 17. The van der Waals surface area contributed by atoms with E-state index in [-0.39, 0.29) is 24.9 Å². The van der Waals surface area contributed by atoms with Gasteiger partial charge in [0.2, 0.25) is 0 Å². The first kappa shape index (κ1) is 31.4. The van der Waals surface area contributed by atoms with Crippen molar-refractivity contribution in [3.05, 3.63) is 89.7 Å². The molecular formula is C31H37FN2O7. The molecule has 10 heteroatoms. The smallest absolute Gasteiger partial charge is 0.333 e. The summed E-state index contributed by atoms with van der Waals surface area (Å²) in [6.45, 7) is 3.81. The highest BCUT2D eigenvalue weighted by Crippen LogP contribution is 2.23. The Morgan fingerprint density at radius 3 is 2.34 bits per heavy atom. The Hall–Kier alpha value is -4.15. The number of hydrogen-bond donors (Lipinski definition) is 2. The Kier molecular flexibility index (Phi) is 12.9. The van der Waals surface area contributed by atoms with Crippen molar-refractivity contribution in [3.63, 3.8) is 0 Å². The van der Waals surface area contributed by atoms with Crippen LogP contribution in [0.4, 0.5) is 14.9 Å². The minimum absolute atomic E-state index is 0.242. The molecule has 9 nitrogen and oxygen atoms in total. The molecule has 0 bridgehead atoms. The molecule has 0 saturated heterocycles. The Labute approximate surface area is 239 Å². The molecule has 0 aromatic heterocycles. The highest BCUT2D eigenvalue weighted by atomic mass is 19.1. The van der Waals surface area contributed by atoms with Crippen LogP contribution in [0.15, 0.2) is 72.8 Å². The number of aliphatic carboxylic acids is 1. The normalized spacial score (nSPS) is 11.5. The van der Waals surface area contributed by atoms with Gasteiger partial charge >= 0.3 is 12.0 Å². The molecule has 0 radical (unpaired) electrons. The zero-order valence-electron chi connectivity index (χ0n) is 23.4. The van der Waals surface area contributed by atoms with E-state index < -0.39 is 12.1 Å². The molecule has 0 aliphatic rings. The summed E-state index contributed by atoms with van der Waals surface area (Å²) in [5.74, 6) is -0.143. The number of urea groups is 1. The monoisotopic (exact) mass is 568 g/mol. The predicted molar refractivity (Wildman–Crippen MR) is 153 cm³/mol. The highest BCUT2D eigenvalue weighted by Gasteiger charge is 2.18. The van der Waals surface area contributed by atoms with Crippen molar-refractivity contribution in [1.29, 1.82) is 0 Å². The van der Waals surface area contributed by atoms with Crippen molar-refractivity contribution in [3.8, 4) is 11.5 Å². The van der Waals surface area contributed by atoms with E-state index >= 15 is 0 Å². The Morgan fingerprint density at radius 1 is 0.951 bits per heavy atom. The molecule has 220 valence electrons. The number of ether oxygens (including phenoxy) is 4. The number of carboxylic acids is 1. The van der Waals surface area contributed by atoms with Crippen LogP contribution in [0.5, 0.6) is 11.5 Å². The SMILES string of the molecule is CCOC(Cc1ccc(OCCN(CCCOCc2ccc(F)cc2)C(=O)Nc2ccccc2OC)cc1)C(=O)O. The van der Waals surface area contributed by atoms with Gasteiger partial charge in [0, 0.05) is 26.2 Å². The van der Waals surface area contributed by atoms with E-state index in [9.17, 15) is 19.1 Å². The van der Waals surface area contributed by atoms with Gasteiger partial charge in [0.1, 0.15) is 23.9 Å². The minimum Gasteiger partial charge on any atom is -0.495 e. The Morgan fingerprint density at radius 2 is 1.66 bits per heavy atom. The van der Waals surface area contributed by atoms with Gasteiger partial charge in [-0.3, -0.25) is 0 Å². The van der Waals surface area contributed by atoms with E-state index in [1.807, 2.05) is 12.1 Å². The lowest BCUT2D eigenvalue weighted by Gasteiger charge is -2.24. The number of nitrogens with zero attached hydrogens (tertiary/aromatic N) is 1. The molecule has 41 heavy (non-hydrogen) atoms.